The summed E-state index contributed by atoms with van der Waals surface area (Å²) in [4.78, 5) is 6.50. The smallest absolute Gasteiger partial charge is 0.147 e. The SMILES string of the molecule is Cc1ccc(N(C)c2nccc(C)c2Br)cc1. The average molecular weight is 291 g/mol. The van der Waals surface area contributed by atoms with Gasteiger partial charge in [-0.2, -0.15) is 0 Å². The third-order valence-electron chi connectivity index (χ3n) is 2.80. The standard InChI is InChI=1S/C14H15BrN2/c1-10-4-6-12(7-5-10)17(3)14-13(15)11(2)8-9-16-14/h4-9H,1-3H3. The molecule has 0 saturated heterocycles. The Balaban J connectivity index is 2.40. The number of nitrogens with zero attached hydrogens (tertiary/aromatic N) is 2. The summed E-state index contributed by atoms with van der Waals surface area (Å²) >= 11 is 3.59. The molecule has 2 aromatic rings. The Morgan fingerprint density at radius 1 is 1.06 bits per heavy atom. The normalized spacial score (nSPS) is 10.4. The van der Waals surface area contributed by atoms with E-state index in [0.717, 1.165) is 16.0 Å². The summed E-state index contributed by atoms with van der Waals surface area (Å²) in [6, 6.07) is 10.4. The maximum Gasteiger partial charge on any atom is 0.147 e. The van der Waals surface area contributed by atoms with E-state index in [0.29, 0.717) is 0 Å². The van der Waals surface area contributed by atoms with Crippen molar-refractivity contribution in [3.63, 3.8) is 0 Å². The Labute approximate surface area is 110 Å². The molecule has 0 atom stereocenters. The first-order valence-corrected chi connectivity index (χ1v) is 6.30. The van der Waals surface area contributed by atoms with E-state index in [1.165, 1.54) is 11.1 Å². The first-order chi connectivity index (χ1) is 8.09. The third-order valence-corrected chi connectivity index (χ3v) is 3.78. The van der Waals surface area contributed by atoms with Crippen LogP contribution in [-0.4, -0.2) is 12.0 Å². The number of aryl methyl sites for hydroxylation is 2. The molecule has 1 heterocycles. The van der Waals surface area contributed by atoms with Crippen molar-refractivity contribution < 1.29 is 0 Å². The van der Waals surface area contributed by atoms with E-state index < -0.39 is 0 Å². The molecule has 88 valence electrons. The molecule has 3 heteroatoms. The molecule has 0 bridgehead atoms. The van der Waals surface area contributed by atoms with Gasteiger partial charge < -0.3 is 4.90 Å². The molecule has 0 saturated carbocycles. The van der Waals surface area contributed by atoms with E-state index in [9.17, 15) is 0 Å². The lowest BCUT2D eigenvalue weighted by Crippen LogP contribution is -2.12. The molecule has 0 aliphatic carbocycles. The number of benzene rings is 1. The third kappa shape index (κ3) is 2.50. The number of hydrogen-bond donors (Lipinski definition) is 0. The number of anilines is 2. The zero-order valence-electron chi connectivity index (χ0n) is 10.2. The van der Waals surface area contributed by atoms with Crippen LogP contribution in [0.15, 0.2) is 41.0 Å². The number of rotatable bonds is 2. The van der Waals surface area contributed by atoms with Crippen molar-refractivity contribution in [3.05, 3.63) is 52.1 Å². The summed E-state index contributed by atoms with van der Waals surface area (Å²) in [5.74, 6) is 0.939. The summed E-state index contributed by atoms with van der Waals surface area (Å²) < 4.78 is 1.04. The van der Waals surface area contributed by atoms with E-state index in [4.69, 9.17) is 0 Å². The molecule has 17 heavy (non-hydrogen) atoms. The molecule has 0 fully saturated rings. The molecule has 0 amide bonds. The molecule has 0 N–H and O–H groups in total. The number of hydrogen-bond acceptors (Lipinski definition) is 2. The maximum absolute atomic E-state index is 4.42. The van der Waals surface area contributed by atoms with Gasteiger partial charge in [0.1, 0.15) is 5.82 Å². The Bertz CT molecular complexity index is 520. The monoisotopic (exact) mass is 290 g/mol. The van der Waals surface area contributed by atoms with Crippen LogP contribution in [0.25, 0.3) is 0 Å². The van der Waals surface area contributed by atoms with Crippen LogP contribution >= 0.6 is 15.9 Å². The molecule has 1 aromatic carbocycles. The van der Waals surface area contributed by atoms with Crippen LogP contribution < -0.4 is 4.90 Å². The highest BCUT2D eigenvalue weighted by atomic mass is 79.9. The number of halogens is 1. The van der Waals surface area contributed by atoms with Crippen molar-refractivity contribution in [2.75, 3.05) is 11.9 Å². The van der Waals surface area contributed by atoms with Gasteiger partial charge in [-0.1, -0.05) is 17.7 Å². The van der Waals surface area contributed by atoms with Crippen LogP contribution in [0.3, 0.4) is 0 Å². The lowest BCUT2D eigenvalue weighted by molar-refractivity contribution is 1.10. The topological polar surface area (TPSA) is 16.1 Å². The zero-order chi connectivity index (χ0) is 12.4. The van der Waals surface area contributed by atoms with Crippen LogP contribution in [0.4, 0.5) is 11.5 Å². The Morgan fingerprint density at radius 3 is 2.35 bits per heavy atom. The molecule has 2 nitrogen and oxygen atoms in total. The average Bonchev–Trinajstić information content (AvgIpc) is 2.33. The van der Waals surface area contributed by atoms with Gasteiger partial charge in [0.25, 0.3) is 0 Å². The van der Waals surface area contributed by atoms with Gasteiger partial charge in [-0.05, 0) is 53.5 Å². The molecule has 2 rings (SSSR count). The van der Waals surface area contributed by atoms with Gasteiger partial charge in [-0.3, -0.25) is 0 Å². The molecule has 0 spiro atoms. The highest BCUT2D eigenvalue weighted by molar-refractivity contribution is 9.10. The van der Waals surface area contributed by atoms with E-state index in [-0.39, 0.29) is 0 Å². The Hall–Kier alpha value is -1.35. The van der Waals surface area contributed by atoms with Crippen molar-refractivity contribution in [1.29, 1.82) is 0 Å². The van der Waals surface area contributed by atoms with E-state index in [1.807, 2.05) is 19.3 Å². The molecule has 0 aliphatic heterocycles. The van der Waals surface area contributed by atoms with E-state index in [1.54, 1.807) is 0 Å². The fourth-order valence-corrected chi connectivity index (χ4v) is 2.15. The minimum absolute atomic E-state index is 0.939. The second-order valence-corrected chi connectivity index (χ2v) is 4.95. The quantitative estimate of drug-likeness (QED) is 0.823. The van der Waals surface area contributed by atoms with Gasteiger partial charge in [0.15, 0.2) is 0 Å². The summed E-state index contributed by atoms with van der Waals surface area (Å²) in [5, 5.41) is 0. The largest absolute Gasteiger partial charge is 0.329 e. The van der Waals surface area contributed by atoms with E-state index in [2.05, 4.69) is 63.9 Å². The minimum Gasteiger partial charge on any atom is -0.329 e. The molecule has 0 aliphatic rings. The van der Waals surface area contributed by atoms with Crippen LogP contribution in [0.1, 0.15) is 11.1 Å². The van der Waals surface area contributed by atoms with Crippen molar-refractivity contribution in [1.82, 2.24) is 4.98 Å². The van der Waals surface area contributed by atoms with Crippen LogP contribution in [0, 0.1) is 13.8 Å². The van der Waals surface area contributed by atoms with Crippen molar-refractivity contribution in [2.45, 2.75) is 13.8 Å². The second kappa shape index (κ2) is 4.88. The lowest BCUT2D eigenvalue weighted by atomic mass is 10.2. The minimum atomic E-state index is 0.939. The van der Waals surface area contributed by atoms with Crippen LogP contribution in [0.2, 0.25) is 0 Å². The van der Waals surface area contributed by atoms with Gasteiger partial charge in [0.05, 0.1) is 4.47 Å². The van der Waals surface area contributed by atoms with Gasteiger partial charge in [-0.15, -0.1) is 0 Å². The van der Waals surface area contributed by atoms with Crippen LogP contribution in [0.5, 0.6) is 0 Å². The zero-order valence-corrected chi connectivity index (χ0v) is 11.8. The van der Waals surface area contributed by atoms with Gasteiger partial charge >= 0.3 is 0 Å². The van der Waals surface area contributed by atoms with Crippen LogP contribution in [-0.2, 0) is 0 Å². The Morgan fingerprint density at radius 2 is 1.71 bits per heavy atom. The predicted molar refractivity (Wildman–Crippen MR) is 75.9 cm³/mol. The van der Waals surface area contributed by atoms with Gasteiger partial charge in [0, 0.05) is 18.9 Å². The fourth-order valence-electron chi connectivity index (χ4n) is 1.65. The summed E-state index contributed by atoms with van der Waals surface area (Å²) in [6.45, 7) is 4.16. The van der Waals surface area contributed by atoms with Crippen molar-refractivity contribution in [3.8, 4) is 0 Å². The molecular weight excluding hydrogens is 276 g/mol. The number of aromatic nitrogens is 1. The fraction of sp³-hybridized carbons (Fsp3) is 0.214. The molecule has 1 aromatic heterocycles. The number of pyridine rings is 1. The van der Waals surface area contributed by atoms with Crippen molar-refractivity contribution in [2.24, 2.45) is 0 Å². The predicted octanol–water partition coefficient (Wildman–Crippen LogP) is 4.23. The highest BCUT2D eigenvalue weighted by Gasteiger charge is 2.10. The molecule has 0 unspecified atom stereocenters. The van der Waals surface area contributed by atoms with E-state index >= 15 is 0 Å². The summed E-state index contributed by atoms with van der Waals surface area (Å²) in [6.07, 6.45) is 1.83. The van der Waals surface area contributed by atoms with Gasteiger partial charge in [0.2, 0.25) is 0 Å². The summed E-state index contributed by atoms with van der Waals surface area (Å²) in [7, 11) is 2.02. The molecule has 0 radical (unpaired) electrons. The summed E-state index contributed by atoms with van der Waals surface area (Å²) in [5.41, 5.74) is 3.58. The maximum atomic E-state index is 4.42. The highest BCUT2D eigenvalue weighted by Crippen LogP contribution is 2.30. The van der Waals surface area contributed by atoms with Gasteiger partial charge in [-0.25, -0.2) is 4.98 Å². The lowest BCUT2D eigenvalue weighted by Gasteiger charge is -2.20. The first-order valence-electron chi connectivity index (χ1n) is 5.51. The molecular formula is C14H15BrN2. The first kappa shape index (κ1) is 12.1. The van der Waals surface area contributed by atoms with Crippen molar-refractivity contribution >= 4 is 27.4 Å². The second-order valence-electron chi connectivity index (χ2n) is 4.16. The Kier molecular flexibility index (Phi) is 3.48.